The molecule has 0 fully saturated rings. The van der Waals surface area contributed by atoms with Crippen LogP contribution in [-0.2, 0) is 0 Å². The zero-order valence-corrected chi connectivity index (χ0v) is 23.9. The third-order valence-corrected chi connectivity index (χ3v) is 8.25. The lowest BCUT2D eigenvalue weighted by Crippen LogP contribution is -2.10. The van der Waals surface area contributed by atoms with Crippen molar-refractivity contribution >= 4 is 49.8 Å². The van der Waals surface area contributed by atoms with Crippen molar-refractivity contribution in [3.8, 4) is 16.8 Å². The first-order valence-electron chi connectivity index (χ1n) is 14.6. The van der Waals surface area contributed by atoms with Gasteiger partial charge in [-0.3, -0.25) is 4.98 Å². The Balaban J connectivity index is 1.41. The first-order valence-corrected chi connectivity index (χ1v) is 14.6. The highest BCUT2D eigenvalue weighted by Crippen LogP contribution is 2.44. The highest BCUT2D eigenvalue weighted by molar-refractivity contribution is 6.16. The van der Waals surface area contributed by atoms with E-state index in [1.165, 1.54) is 27.5 Å². The molecule has 0 atom stereocenters. The molecule has 0 unspecified atom stereocenters. The normalized spacial score (nSPS) is 11.4. The van der Waals surface area contributed by atoms with Gasteiger partial charge in [0.15, 0.2) is 0 Å². The average Bonchev–Trinajstić information content (AvgIpc) is 3.41. The Labute approximate surface area is 250 Å². The van der Waals surface area contributed by atoms with Gasteiger partial charge < -0.3 is 9.47 Å². The van der Waals surface area contributed by atoms with Crippen molar-refractivity contribution in [1.29, 1.82) is 0 Å². The molecule has 8 aromatic rings. The topological polar surface area (TPSA) is 21.1 Å². The quantitative estimate of drug-likeness (QED) is 0.212. The predicted molar refractivity (Wildman–Crippen MR) is 181 cm³/mol. The summed E-state index contributed by atoms with van der Waals surface area (Å²) in [6.07, 6.45) is 1.99. The second kappa shape index (κ2) is 10.3. The molecule has 0 bridgehead atoms. The maximum Gasteiger partial charge on any atom is 0.0703 e. The van der Waals surface area contributed by atoms with Gasteiger partial charge in [-0.15, -0.1) is 0 Å². The summed E-state index contributed by atoms with van der Waals surface area (Å²) >= 11 is 0. The molecule has 0 radical (unpaired) electrons. The van der Waals surface area contributed by atoms with Crippen LogP contribution in [0, 0.1) is 6.92 Å². The molecule has 8 rings (SSSR count). The molecule has 0 aliphatic carbocycles. The van der Waals surface area contributed by atoms with Crippen LogP contribution in [0.3, 0.4) is 0 Å². The number of para-hydroxylation sites is 2. The van der Waals surface area contributed by atoms with E-state index < -0.39 is 0 Å². The summed E-state index contributed by atoms with van der Waals surface area (Å²) in [5.41, 5.74) is 11.3. The van der Waals surface area contributed by atoms with Gasteiger partial charge in [-0.2, -0.15) is 0 Å². The number of benzene rings is 6. The van der Waals surface area contributed by atoms with Crippen LogP contribution in [0.25, 0.3) is 49.5 Å². The largest absolute Gasteiger partial charge is 0.310 e. The van der Waals surface area contributed by atoms with Crippen LogP contribution in [0.4, 0.5) is 17.1 Å². The number of pyridine rings is 1. The Kier molecular flexibility index (Phi) is 6.01. The number of aromatic nitrogens is 2. The van der Waals surface area contributed by atoms with E-state index in [1.807, 2.05) is 12.3 Å². The van der Waals surface area contributed by atoms with Gasteiger partial charge in [-0.1, -0.05) is 103 Å². The van der Waals surface area contributed by atoms with E-state index >= 15 is 0 Å². The Morgan fingerprint density at radius 2 is 1.28 bits per heavy atom. The first-order chi connectivity index (χ1) is 21.2. The number of anilines is 3. The van der Waals surface area contributed by atoms with Gasteiger partial charge in [0, 0.05) is 27.5 Å². The average molecular weight is 552 g/mol. The SMILES string of the molecule is Cc1ccc(N(c2cccc(-c3ccccc3)c2)c2cccc3c2c2ccccc2n3-c2cnc3ccccc3c2)cc1. The molecule has 3 heteroatoms. The summed E-state index contributed by atoms with van der Waals surface area (Å²) in [6.45, 7) is 2.14. The summed E-state index contributed by atoms with van der Waals surface area (Å²) in [5, 5.41) is 3.54. The fourth-order valence-corrected chi connectivity index (χ4v) is 6.22. The maximum absolute atomic E-state index is 4.82. The third kappa shape index (κ3) is 4.34. The van der Waals surface area contributed by atoms with Crippen molar-refractivity contribution in [2.45, 2.75) is 6.92 Å². The van der Waals surface area contributed by atoms with Crippen LogP contribution in [-0.4, -0.2) is 9.55 Å². The zero-order valence-electron chi connectivity index (χ0n) is 23.9. The summed E-state index contributed by atoms with van der Waals surface area (Å²) in [5.74, 6) is 0. The van der Waals surface area contributed by atoms with Gasteiger partial charge in [-0.25, -0.2) is 0 Å². The van der Waals surface area contributed by atoms with Crippen molar-refractivity contribution in [3.05, 3.63) is 163 Å². The van der Waals surface area contributed by atoms with Crippen molar-refractivity contribution < 1.29 is 0 Å². The molecule has 6 aromatic carbocycles. The Hall–Kier alpha value is -5.67. The smallest absolute Gasteiger partial charge is 0.0703 e. The minimum atomic E-state index is 0.997. The third-order valence-electron chi connectivity index (χ3n) is 8.25. The van der Waals surface area contributed by atoms with E-state index in [0.717, 1.165) is 44.7 Å². The molecule has 204 valence electrons. The van der Waals surface area contributed by atoms with Crippen LogP contribution in [0.5, 0.6) is 0 Å². The molecule has 3 nitrogen and oxygen atoms in total. The molecule has 0 aliphatic rings. The molecule has 2 aromatic heterocycles. The minimum Gasteiger partial charge on any atom is -0.310 e. The van der Waals surface area contributed by atoms with Crippen molar-refractivity contribution in [3.63, 3.8) is 0 Å². The van der Waals surface area contributed by atoms with Crippen molar-refractivity contribution in [2.75, 3.05) is 4.90 Å². The molecule has 0 saturated heterocycles. The highest BCUT2D eigenvalue weighted by Gasteiger charge is 2.21. The Bertz CT molecular complexity index is 2250. The fourth-order valence-electron chi connectivity index (χ4n) is 6.22. The monoisotopic (exact) mass is 551 g/mol. The van der Waals surface area contributed by atoms with Crippen molar-refractivity contribution in [2.24, 2.45) is 0 Å². The van der Waals surface area contributed by atoms with E-state index in [0.29, 0.717) is 0 Å². The summed E-state index contributed by atoms with van der Waals surface area (Å²) in [6, 6.07) is 54.1. The van der Waals surface area contributed by atoms with Crippen LogP contribution in [0.2, 0.25) is 0 Å². The molecule has 2 heterocycles. The van der Waals surface area contributed by atoms with E-state index in [2.05, 4.69) is 162 Å². The maximum atomic E-state index is 4.82. The van der Waals surface area contributed by atoms with Gasteiger partial charge in [-0.05, 0) is 72.6 Å². The fraction of sp³-hybridized carbons (Fsp3) is 0.0250. The van der Waals surface area contributed by atoms with Crippen LogP contribution < -0.4 is 4.90 Å². The second-order valence-electron chi connectivity index (χ2n) is 11.0. The van der Waals surface area contributed by atoms with Crippen molar-refractivity contribution in [1.82, 2.24) is 9.55 Å². The second-order valence-corrected chi connectivity index (χ2v) is 11.0. The van der Waals surface area contributed by atoms with Gasteiger partial charge >= 0.3 is 0 Å². The molecule has 43 heavy (non-hydrogen) atoms. The predicted octanol–water partition coefficient (Wildman–Crippen LogP) is 10.8. The highest BCUT2D eigenvalue weighted by atomic mass is 15.1. The van der Waals surface area contributed by atoms with E-state index in [4.69, 9.17) is 4.98 Å². The molecule has 0 aliphatic heterocycles. The minimum absolute atomic E-state index is 0.997. The number of rotatable bonds is 5. The molecule has 0 N–H and O–H groups in total. The number of aryl methyl sites for hydroxylation is 1. The summed E-state index contributed by atoms with van der Waals surface area (Å²) in [4.78, 5) is 7.21. The lowest BCUT2D eigenvalue weighted by molar-refractivity contribution is 1.16. The van der Waals surface area contributed by atoms with E-state index in [9.17, 15) is 0 Å². The lowest BCUT2D eigenvalue weighted by atomic mass is 10.0. The van der Waals surface area contributed by atoms with Gasteiger partial charge in [0.05, 0.1) is 34.1 Å². The van der Waals surface area contributed by atoms with E-state index in [1.54, 1.807) is 0 Å². The molecule has 0 spiro atoms. The lowest BCUT2D eigenvalue weighted by Gasteiger charge is -2.27. The standard InChI is InChI=1S/C40H29N3/c1-28-21-23-32(24-22-28)42(33-15-9-14-30(25-33)29-11-3-2-4-12-29)38-19-10-20-39-40(38)35-16-6-8-18-37(35)43(39)34-26-31-13-5-7-17-36(31)41-27-34/h2-27H,1H3. The van der Waals surface area contributed by atoms with Gasteiger partial charge in [0.25, 0.3) is 0 Å². The van der Waals surface area contributed by atoms with Gasteiger partial charge in [0.1, 0.15) is 0 Å². The van der Waals surface area contributed by atoms with Crippen LogP contribution in [0.1, 0.15) is 5.56 Å². The number of nitrogens with zero attached hydrogens (tertiary/aromatic N) is 3. The zero-order chi connectivity index (χ0) is 28.8. The number of hydrogen-bond acceptors (Lipinski definition) is 2. The molecular formula is C40H29N3. The molecular weight excluding hydrogens is 522 g/mol. The summed E-state index contributed by atoms with van der Waals surface area (Å²) in [7, 11) is 0. The van der Waals surface area contributed by atoms with E-state index in [-0.39, 0.29) is 0 Å². The molecule has 0 amide bonds. The van der Waals surface area contributed by atoms with Crippen LogP contribution >= 0.6 is 0 Å². The summed E-state index contributed by atoms with van der Waals surface area (Å²) < 4.78 is 2.35. The Morgan fingerprint density at radius 3 is 2.16 bits per heavy atom. The van der Waals surface area contributed by atoms with Gasteiger partial charge in [0.2, 0.25) is 0 Å². The van der Waals surface area contributed by atoms with Crippen LogP contribution in [0.15, 0.2) is 158 Å². The first kappa shape index (κ1) is 25.1. The molecule has 0 saturated carbocycles. The number of fused-ring (bicyclic) bond motifs is 4. The Morgan fingerprint density at radius 1 is 0.558 bits per heavy atom. The number of hydrogen-bond donors (Lipinski definition) is 0.